The number of ether oxygens (including phenoxy) is 1. The molecule has 1 heterocycles. The van der Waals surface area contributed by atoms with Crippen LogP contribution in [-0.4, -0.2) is 50.2 Å². The van der Waals surface area contributed by atoms with Gasteiger partial charge in [0, 0.05) is 7.05 Å². The number of aromatic nitrogens is 1. The van der Waals surface area contributed by atoms with Crippen LogP contribution >= 0.6 is 11.3 Å². The van der Waals surface area contributed by atoms with E-state index in [-0.39, 0.29) is 13.1 Å². The predicted octanol–water partition coefficient (Wildman–Crippen LogP) is 0.663. The molecule has 2 aromatic rings. The van der Waals surface area contributed by atoms with Crippen LogP contribution in [0.5, 0.6) is 5.75 Å². The zero-order valence-corrected chi connectivity index (χ0v) is 15.1. The van der Waals surface area contributed by atoms with Gasteiger partial charge in [0.25, 0.3) is 5.91 Å². The van der Waals surface area contributed by atoms with Crippen molar-refractivity contribution < 1.29 is 17.9 Å². The molecule has 0 atom stereocenters. The van der Waals surface area contributed by atoms with Crippen molar-refractivity contribution in [1.29, 1.82) is 0 Å². The summed E-state index contributed by atoms with van der Waals surface area (Å²) >= 11 is 1.29. The maximum absolute atomic E-state index is 12.1. The Kier molecular flexibility index (Phi) is 5.43. The number of nitrogens with zero attached hydrogens (tertiary/aromatic N) is 3. The fourth-order valence-electron chi connectivity index (χ4n) is 1.96. The van der Waals surface area contributed by atoms with Crippen LogP contribution in [-0.2, 0) is 21.4 Å². The molecule has 0 saturated carbocycles. The van der Waals surface area contributed by atoms with Gasteiger partial charge in [-0.05, 0) is 18.2 Å². The van der Waals surface area contributed by atoms with E-state index in [0.717, 1.165) is 20.8 Å². The number of rotatable bonds is 5. The molecule has 0 bridgehead atoms. The van der Waals surface area contributed by atoms with Crippen molar-refractivity contribution in [2.75, 3.05) is 27.0 Å². The van der Waals surface area contributed by atoms with Gasteiger partial charge < -0.3 is 9.30 Å². The maximum atomic E-state index is 12.1. The zero-order valence-electron chi connectivity index (χ0n) is 13.5. The van der Waals surface area contributed by atoms with E-state index in [1.54, 1.807) is 17.7 Å². The van der Waals surface area contributed by atoms with E-state index >= 15 is 0 Å². The first-order chi connectivity index (χ1) is 11.3. The summed E-state index contributed by atoms with van der Waals surface area (Å²) in [5.74, 6) is 2.65. The van der Waals surface area contributed by atoms with Crippen LogP contribution in [0.4, 0.5) is 0 Å². The average molecular weight is 367 g/mol. The summed E-state index contributed by atoms with van der Waals surface area (Å²) in [6.07, 6.45) is 6.43. The van der Waals surface area contributed by atoms with Crippen molar-refractivity contribution in [1.82, 2.24) is 8.87 Å². The highest BCUT2D eigenvalue weighted by Gasteiger charge is 2.15. The summed E-state index contributed by atoms with van der Waals surface area (Å²) < 4.78 is 31.5. The number of fused-ring (bicyclic) bond motifs is 1. The van der Waals surface area contributed by atoms with Gasteiger partial charge >= 0.3 is 0 Å². The van der Waals surface area contributed by atoms with Gasteiger partial charge in [-0.1, -0.05) is 17.3 Å². The van der Waals surface area contributed by atoms with Crippen molar-refractivity contribution in [2.24, 2.45) is 4.99 Å². The Morgan fingerprint density at radius 2 is 2.21 bits per heavy atom. The van der Waals surface area contributed by atoms with E-state index in [1.807, 2.05) is 12.1 Å². The first-order valence-corrected chi connectivity index (χ1v) is 9.52. The molecule has 7 nitrogen and oxygen atoms in total. The number of thiazole rings is 1. The number of carbonyl (C=O) groups is 1. The summed E-state index contributed by atoms with van der Waals surface area (Å²) in [5, 5.41) is 0. The van der Waals surface area contributed by atoms with Gasteiger partial charge in [0.05, 0.1) is 36.7 Å². The SMILES string of the molecule is C#CCn1c(=NC(=O)CN(C)S(C)(=O)=O)sc2cc(OC)ccc21. The largest absolute Gasteiger partial charge is 0.497 e. The molecule has 0 saturated heterocycles. The number of benzene rings is 1. The van der Waals surface area contributed by atoms with E-state index in [0.29, 0.717) is 10.6 Å². The van der Waals surface area contributed by atoms with Crippen LogP contribution in [0.15, 0.2) is 23.2 Å². The molecule has 0 aliphatic rings. The van der Waals surface area contributed by atoms with Gasteiger partial charge in [0.1, 0.15) is 5.75 Å². The molecule has 128 valence electrons. The lowest BCUT2D eigenvalue weighted by Crippen LogP contribution is -2.31. The fraction of sp³-hybridized carbons (Fsp3) is 0.333. The van der Waals surface area contributed by atoms with Crippen LogP contribution in [0, 0.1) is 12.3 Å². The summed E-state index contributed by atoms with van der Waals surface area (Å²) in [6, 6.07) is 5.47. The number of hydrogen-bond donors (Lipinski definition) is 0. The third kappa shape index (κ3) is 4.03. The van der Waals surface area contributed by atoms with Gasteiger partial charge in [-0.3, -0.25) is 4.79 Å². The number of terminal acetylenes is 1. The lowest BCUT2D eigenvalue weighted by atomic mass is 10.3. The normalized spacial score (nSPS) is 12.5. The molecule has 1 aromatic carbocycles. The van der Waals surface area contributed by atoms with Gasteiger partial charge in [-0.15, -0.1) is 6.42 Å². The van der Waals surface area contributed by atoms with Crippen molar-refractivity contribution in [3.8, 4) is 18.1 Å². The van der Waals surface area contributed by atoms with E-state index in [2.05, 4.69) is 10.9 Å². The Labute approximate surface area is 144 Å². The third-order valence-corrected chi connectivity index (χ3v) is 5.59. The number of hydrogen-bond acceptors (Lipinski definition) is 5. The van der Waals surface area contributed by atoms with Crippen LogP contribution in [0.3, 0.4) is 0 Å². The first-order valence-electron chi connectivity index (χ1n) is 6.86. The second-order valence-corrected chi connectivity index (χ2v) is 8.13. The van der Waals surface area contributed by atoms with E-state index in [9.17, 15) is 13.2 Å². The van der Waals surface area contributed by atoms with E-state index in [4.69, 9.17) is 11.2 Å². The van der Waals surface area contributed by atoms with Crippen LogP contribution in [0.2, 0.25) is 0 Å². The highest BCUT2D eigenvalue weighted by Crippen LogP contribution is 2.23. The molecule has 0 aliphatic carbocycles. The minimum atomic E-state index is -3.44. The topological polar surface area (TPSA) is 81.0 Å². The average Bonchev–Trinajstić information content (AvgIpc) is 2.83. The Morgan fingerprint density at radius 3 is 2.79 bits per heavy atom. The quantitative estimate of drug-likeness (QED) is 0.727. The Balaban J connectivity index is 2.48. The summed E-state index contributed by atoms with van der Waals surface area (Å²) in [6.45, 7) is -0.0766. The third-order valence-electron chi connectivity index (χ3n) is 3.28. The molecule has 1 amide bonds. The molecule has 0 spiro atoms. The highest BCUT2D eigenvalue weighted by atomic mass is 32.2. The first kappa shape index (κ1) is 18.2. The summed E-state index contributed by atoms with van der Waals surface area (Å²) in [5.41, 5.74) is 0.835. The highest BCUT2D eigenvalue weighted by molar-refractivity contribution is 7.88. The molecule has 0 fully saturated rings. The minimum Gasteiger partial charge on any atom is -0.497 e. The van der Waals surface area contributed by atoms with Crippen LogP contribution in [0.25, 0.3) is 10.2 Å². The molecule has 2 rings (SSSR count). The van der Waals surface area contributed by atoms with E-state index < -0.39 is 15.9 Å². The number of methoxy groups -OCH3 is 1. The van der Waals surface area contributed by atoms with Crippen molar-refractivity contribution in [3.05, 3.63) is 23.0 Å². The van der Waals surface area contributed by atoms with Gasteiger partial charge in [-0.25, -0.2) is 8.42 Å². The zero-order chi connectivity index (χ0) is 17.9. The lowest BCUT2D eigenvalue weighted by molar-refractivity contribution is -0.118. The van der Waals surface area contributed by atoms with Gasteiger partial charge in [0.2, 0.25) is 10.0 Å². The van der Waals surface area contributed by atoms with Gasteiger partial charge in [0.15, 0.2) is 4.80 Å². The molecule has 0 radical (unpaired) electrons. The Hall–Kier alpha value is -2.15. The molecule has 0 N–H and O–H groups in total. The second-order valence-electron chi connectivity index (χ2n) is 5.03. The number of likely N-dealkylation sites (N-methyl/N-ethyl adjacent to an activating group) is 1. The fourth-order valence-corrected chi connectivity index (χ4v) is 3.38. The van der Waals surface area contributed by atoms with E-state index in [1.165, 1.54) is 18.4 Å². The molecular formula is C15H17N3O4S2. The van der Waals surface area contributed by atoms with Crippen molar-refractivity contribution in [3.63, 3.8) is 0 Å². The maximum Gasteiger partial charge on any atom is 0.263 e. The minimum absolute atomic E-state index is 0.250. The number of amides is 1. The summed E-state index contributed by atoms with van der Waals surface area (Å²) in [7, 11) is -0.547. The molecule has 24 heavy (non-hydrogen) atoms. The number of carbonyl (C=O) groups excluding carboxylic acids is 1. The molecule has 1 aromatic heterocycles. The summed E-state index contributed by atoms with van der Waals surface area (Å²) in [4.78, 5) is 16.5. The number of sulfonamides is 1. The Bertz CT molecular complexity index is 980. The second kappa shape index (κ2) is 7.17. The molecular weight excluding hydrogens is 350 g/mol. The van der Waals surface area contributed by atoms with Gasteiger partial charge in [-0.2, -0.15) is 9.30 Å². The smallest absolute Gasteiger partial charge is 0.263 e. The predicted molar refractivity (Wildman–Crippen MR) is 93.2 cm³/mol. The lowest BCUT2D eigenvalue weighted by Gasteiger charge is -2.10. The van der Waals surface area contributed by atoms with Crippen LogP contribution in [0.1, 0.15) is 0 Å². The van der Waals surface area contributed by atoms with Crippen molar-refractivity contribution in [2.45, 2.75) is 6.54 Å². The van der Waals surface area contributed by atoms with Crippen LogP contribution < -0.4 is 9.54 Å². The molecule has 0 unspecified atom stereocenters. The Morgan fingerprint density at radius 1 is 1.50 bits per heavy atom. The van der Waals surface area contributed by atoms with Crippen molar-refractivity contribution >= 4 is 37.5 Å². The molecule has 0 aliphatic heterocycles. The molecule has 9 heteroatoms. The monoisotopic (exact) mass is 367 g/mol. The standard InChI is InChI=1S/C15H17N3O4S2/c1-5-8-18-12-7-6-11(22-3)9-13(12)23-15(18)16-14(19)10-17(2)24(4,20)21/h1,6-7,9H,8,10H2,2-4H3.